The molecule has 0 bridgehead atoms. The molecule has 0 saturated heterocycles. The van der Waals surface area contributed by atoms with Crippen LogP contribution in [0.5, 0.6) is 11.5 Å². The van der Waals surface area contributed by atoms with E-state index in [1.165, 1.54) is 0 Å². The van der Waals surface area contributed by atoms with Gasteiger partial charge in [0.2, 0.25) is 5.89 Å². The van der Waals surface area contributed by atoms with Gasteiger partial charge in [-0.15, -0.1) is 0 Å². The molecule has 1 aromatic heterocycles. The number of ether oxygens (including phenoxy) is 2. The molecule has 2 aromatic carbocycles. The molecule has 5 heteroatoms. The Labute approximate surface area is 127 Å². The topological polar surface area (TPSA) is 68.3 Å². The van der Waals surface area contributed by atoms with E-state index in [0.29, 0.717) is 23.0 Å². The van der Waals surface area contributed by atoms with Gasteiger partial charge in [0.1, 0.15) is 17.0 Å². The van der Waals surface area contributed by atoms with Gasteiger partial charge in [0.25, 0.3) is 0 Å². The Morgan fingerprint density at radius 1 is 1.14 bits per heavy atom. The highest BCUT2D eigenvalue weighted by molar-refractivity contribution is 5.76. The van der Waals surface area contributed by atoms with Crippen molar-refractivity contribution in [2.45, 2.75) is 6.42 Å². The van der Waals surface area contributed by atoms with Crippen LogP contribution in [0.4, 0.5) is 0 Å². The van der Waals surface area contributed by atoms with E-state index in [1.54, 1.807) is 26.4 Å². The first-order valence-corrected chi connectivity index (χ1v) is 6.74. The number of rotatable bonds is 4. The molecule has 5 nitrogen and oxygen atoms in total. The average molecular weight is 294 g/mol. The second-order valence-corrected chi connectivity index (χ2v) is 4.68. The summed E-state index contributed by atoms with van der Waals surface area (Å²) in [5, 5.41) is 8.95. The Bertz CT molecular complexity index is 804. The average Bonchev–Trinajstić information content (AvgIpc) is 2.99. The minimum atomic E-state index is 0.209. The summed E-state index contributed by atoms with van der Waals surface area (Å²) in [5.41, 5.74) is 2.96. The Kier molecular flexibility index (Phi) is 3.67. The van der Waals surface area contributed by atoms with E-state index in [0.717, 1.165) is 16.7 Å². The van der Waals surface area contributed by atoms with Crippen molar-refractivity contribution in [2.24, 2.45) is 0 Å². The molecule has 3 rings (SSSR count). The minimum absolute atomic E-state index is 0.209. The number of fused-ring (bicyclic) bond motifs is 1. The highest BCUT2D eigenvalue weighted by Gasteiger charge is 2.16. The van der Waals surface area contributed by atoms with Crippen molar-refractivity contribution in [3.8, 4) is 29.0 Å². The van der Waals surface area contributed by atoms with Crippen molar-refractivity contribution in [1.29, 1.82) is 5.26 Å². The SMILES string of the molecule is COc1cc(-c2nc3ccccc3o2)cc(OC)c1CC#N. The van der Waals surface area contributed by atoms with E-state index in [4.69, 9.17) is 19.2 Å². The lowest BCUT2D eigenvalue weighted by atomic mass is 10.1. The van der Waals surface area contributed by atoms with Gasteiger partial charge in [-0.2, -0.15) is 5.26 Å². The van der Waals surface area contributed by atoms with Crippen molar-refractivity contribution in [1.82, 2.24) is 4.98 Å². The number of hydrogen-bond donors (Lipinski definition) is 0. The van der Waals surface area contributed by atoms with Crippen LogP contribution < -0.4 is 9.47 Å². The van der Waals surface area contributed by atoms with Crippen molar-refractivity contribution in [3.05, 3.63) is 42.0 Å². The molecule has 0 atom stereocenters. The summed E-state index contributed by atoms with van der Waals surface area (Å²) < 4.78 is 16.5. The summed E-state index contributed by atoms with van der Waals surface area (Å²) in [6, 6.07) is 13.3. The summed E-state index contributed by atoms with van der Waals surface area (Å²) in [5.74, 6) is 1.65. The number of para-hydroxylation sites is 2. The number of nitriles is 1. The zero-order chi connectivity index (χ0) is 15.5. The second-order valence-electron chi connectivity index (χ2n) is 4.68. The molecule has 0 radical (unpaired) electrons. The lowest BCUT2D eigenvalue weighted by Gasteiger charge is -2.12. The molecule has 0 amide bonds. The third-order valence-electron chi connectivity index (χ3n) is 3.40. The van der Waals surface area contributed by atoms with Crippen LogP contribution in [0.3, 0.4) is 0 Å². The van der Waals surface area contributed by atoms with E-state index in [9.17, 15) is 0 Å². The van der Waals surface area contributed by atoms with Gasteiger partial charge < -0.3 is 13.9 Å². The third-order valence-corrected chi connectivity index (χ3v) is 3.40. The highest BCUT2D eigenvalue weighted by Crippen LogP contribution is 2.35. The fourth-order valence-electron chi connectivity index (χ4n) is 2.36. The van der Waals surface area contributed by atoms with E-state index in [1.807, 2.05) is 24.3 Å². The molecular formula is C17H14N2O3. The van der Waals surface area contributed by atoms with Crippen LogP contribution >= 0.6 is 0 Å². The molecule has 22 heavy (non-hydrogen) atoms. The molecule has 3 aromatic rings. The summed E-state index contributed by atoms with van der Waals surface area (Å²) in [6.45, 7) is 0. The number of nitrogens with zero attached hydrogens (tertiary/aromatic N) is 2. The normalized spacial score (nSPS) is 10.4. The lowest BCUT2D eigenvalue weighted by Crippen LogP contribution is -1.97. The van der Waals surface area contributed by atoms with Crippen molar-refractivity contribution in [3.63, 3.8) is 0 Å². The Morgan fingerprint density at radius 2 is 1.82 bits per heavy atom. The third kappa shape index (κ3) is 2.35. The van der Waals surface area contributed by atoms with E-state index in [-0.39, 0.29) is 6.42 Å². The zero-order valence-electron chi connectivity index (χ0n) is 12.3. The molecule has 0 aliphatic rings. The summed E-state index contributed by atoms with van der Waals surface area (Å²) in [7, 11) is 3.12. The number of hydrogen-bond acceptors (Lipinski definition) is 5. The fraction of sp³-hybridized carbons (Fsp3) is 0.176. The van der Waals surface area contributed by atoms with Crippen LogP contribution in [-0.4, -0.2) is 19.2 Å². The molecule has 110 valence electrons. The summed E-state index contributed by atoms with van der Waals surface area (Å²) in [4.78, 5) is 4.47. The molecule has 0 aliphatic carbocycles. The van der Waals surface area contributed by atoms with Gasteiger partial charge in [-0.05, 0) is 24.3 Å². The monoisotopic (exact) mass is 294 g/mol. The minimum Gasteiger partial charge on any atom is -0.496 e. The smallest absolute Gasteiger partial charge is 0.227 e. The predicted molar refractivity (Wildman–Crippen MR) is 81.9 cm³/mol. The molecule has 0 N–H and O–H groups in total. The summed E-state index contributed by atoms with van der Waals surface area (Å²) in [6.07, 6.45) is 0.209. The zero-order valence-corrected chi connectivity index (χ0v) is 12.3. The molecule has 0 unspecified atom stereocenters. The molecular weight excluding hydrogens is 280 g/mol. The number of benzene rings is 2. The Morgan fingerprint density at radius 3 is 2.41 bits per heavy atom. The first-order chi connectivity index (χ1) is 10.8. The number of oxazole rings is 1. The van der Waals surface area contributed by atoms with E-state index >= 15 is 0 Å². The lowest BCUT2D eigenvalue weighted by molar-refractivity contribution is 0.387. The molecule has 0 fully saturated rings. The Balaban J connectivity index is 2.16. The quantitative estimate of drug-likeness (QED) is 0.735. The number of methoxy groups -OCH3 is 2. The van der Waals surface area contributed by atoms with Crippen LogP contribution in [0.1, 0.15) is 5.56 Å². The largest absolute Gasteiger partial charge is 0.496 e. The van der Waals surface area contributed by atoms with Gasteiger partial charge in [-0.3, -0.25) is 0 Å². The van der Waals surface area contributed by atoms with Gasteiger partial charge in [0, 0.05) is 5.56 Å². The molecule has 0 spiro atoms. The van der Waals surface area contributed by atoms with Gasteiger partial charge >= 0.3 is 0 Å². The van der Waals surface area contributed by atoms with Gasteiger partial charge in [0.15, 0.2) is 5.58 Å². The molecule has 0 aliphatic heterocycles. The maximum absolute atomic E-state index is 8.95. The van der Waals surface area contributed by atoms with E-state index in [2.05, 4.69) is 11.1 Å². The van der Waals surface area contributed by atoms with Gasteiger partial charge in [-0.25, -0.2) is 4.98 Å². The first kappa shape index (κ1) is 14.0. The first-order valence-electron chi connectivity index (χ1n) is 6.74. The van der Waals surface area contributed by atoms with Crippen LogP contribution in [0.25, 0.3) is 22.6 Å². The second kappa shape index (κ2) is 5.78. The van der Waals surface area contributed by atoms with Crippen LogP contribution in [0.15, 0.2) is 40.8 Å². The predicted octanol–water partition coefficient (Wildman–Crippen LogP) is 3.58. The van der Waals surface area contributed by atoms with E-state index < -0.39 is 0 Å². The maximum Gasteiger partial charge on any atom is 0.227 e. The van der Waals surface area contributed by atoms with Crippen LogP contribution in [-0.2, 0) is 6.42 Å². The van der Waals surface area contributed by atoms with Gasteiger partial charge in [0.05, 0.1) is 32.3 Å². The van der Waals surface area contributed by atoms with Crippen molar-refractivity contribution in [2.75, 3.05) is 14.2 Å². The van der Waals surface area contributed by atoms with Gasteiger partial charge in [-0.1, -0.05) is 12.1 Å². The maximum atomic E-state index is 8.95. The van der Waals surface area contributed by atoms with Crippen LogP contribution in [0.2, 0.25) is 0 Å². The fourth-order valence-corrected chi connectivity index (χ4v) is 2.36. The molecule has 0 saturated carbocycles. The summed E-state index contributed by atoms with van der Waals surface area (Å²) >= 11 is 0. The van der Waals surface area contributed by atoms with Crippen molar-refractivity contribution < 1.29 is 13.9 Å². The standard InChI is InChI=1S/C17H14N2O3/c1-20-15-9-11(10-16(21-2)12(15)7-8-18)17-19-13-5-3-4-6-14(13)22-17/h3-6,9-10H,7H2,1-2H3. The highest BCUT2D eigenvalue weighted by atomic mass is 16.5. The Hall–Kier alpha value is -3.00. The van der Waals surface area contributed by atoms with Crippen molar-refractivity contribution >= 4 is 11.1 Å². The van der Waals surface area contributed by atoms with Crippen LogP contribution in [0, 0.1) is 11.3 Å². The number of aromatic nitrogens is 1. The molecule has 1 heterocycles.